The van der Waals surface area contributed by atoms with Crippen LogP contribution in [0.1, 0.15) is 44.1 Å². The van der Waals surface area contributed by atoms with Crippen LogP contribution in [-0.4, -0.2) is 5.78 Å². The van der Waals surface area contributed by atoms with Crippen molar-refractivity contribution < 1.29 is 4.79 Å². The molecule has 1 aliphatic carbocycles. The number of hydrogen-bond acceptors (Lipinski definition) is 1. The van der Waals surface area contributed by atoms with Crippen LogP contribution in [0.4, 0.5) is 0 Å². The minimum absolute atomic E-state index is 0.188. The molecule has 16 heavy (non-hydrogen) atoms. The summed E-state index contributed by atoms with van der Waals surface area (Å²) in [5.41, 5.74) is 2.78. The quantitative estimate of drug-likeness (QED) is 0.683. The number of carbonyl (C=O) groups is 1. The van der Waals surface area contributed by atoms with E-state index in [1.165, 1.54) is 24.0 Å². The van der Waals surface area contributed by atoms with E-state index < -0.39 is 0 Å². The van der Waals surface area contributed by atoms with Crippen LogP contribution in [0, 0.1) is 0 Å². The Morgan fingerprint density at radius 2 is 1.81 bits per heavy atom. The highest BCUT2D eigenvalue weighted by atomic mass is 16.1. The topological polar surface area (TPSA) is 17.1 Å². The molecule has 0 radical (unpaired) electrons. The smallest absolute Gasteiger partial charge is 0.152 e. The zero-order chi connectivity index (χ0) is 11.4. The van der Waals surface area contributed by atoms with Crippen LogP contribution < -0.4 is 0 Å². The number of rotatable bonds is 2. The first-order valence-electron chi connectivity index (χ1n) is 6.00. The lowest BCUT2D eigenvalue weighted by Gasteiger charge is -2.24. The molecule has 1 nitrogen and oxygen atoms in total. The largest absolute Gasteiger partial charge is 0.295 e. The summed E-state index contributed by atoms with van der Waals surface area (Å²) < 4.78 is 0. The van der Waals surface area contributed by atoms with Crippen molar-refractivity contribution in [1.82, 2.24) is 0 Å². The van der Waals surface area contributed by atoms with E-state index in [0.717, 1.165) is 12.8 Å². The maximum Gasteiger partial charge on any atom is 0.152 e. The average Bonchev–Trinajstić information content (AvgIpc) is 2.30. The van der Waals surface area contributed by atoms with Gasteiger partial charge in [-0.15, -0.1) is 0 Å². The molecule has 0 spiro atoms. The van der Waals surface area contributed by atoms with Gasteiger partial charge in [-0.05, 0) is 50.2 Å². The molecule has 84 valence electrons. The second-order valence-electron chi connectivity index (χ2n) is 4.60. The molecule has 2 rings (SSSR count). The molecule has 0 heterocycles. The van der Waals surface area contributed by atoms with Crippen LogP contribution in [0.15, 0.2) is 42.0 Å². The second kappa shape index (κ2) is 5.11. The average molecular weight is 214 g/mol. The van der Waals surface area contributed by atoms with Gasteiger partial charge in [-0.3, -0.25) is 4.79 Å². The molecule has 1 fully saturated rings. The first-order chi connectivity index (χ1) is 7.75. The van der Waals surface area contributed by atoms with Crippen molar-refractivity contribution in [3.8, 4) is 0 Å². The molecule has 1 saturated carbocycles. The van der Waals surface area contributed by atoms with Crippen LogP contribution in [0.3, 0.4) is 0 Å². The van der Waals surface area contributed by atoms with Gasteiger partial charge in [0.1, 0.15) is 0 Å². The molecule has 0 aliphatic heterocycles. The van der Waals surface area contributed by atoms with Crippen molar-refractivity contribution in [3.63, 3.8) is 0 Å². The first kappa shape index (κ1) is 11.1. The molecule has 0 aromatic heterocycles. The Balaban J connectivity index is 1.98. The van der Waals surface area contributed by atoms with E-state index in [0.29, 0.717) is 5.92 Å². The highest BCUT2D eigenvalue weighted by Gasteiger charge is 2.17. The van der Waals surface area contributed by atoms with Crippen molar-refractivity contribution >= 4 is 5.78 Å². The first-order valence-corrected chi connectivity index (χ1v) is 6.00. The van der Waals surface area contributed by atoms with E-state index in [2.05, 4.69) is 30.3 Å². The summed E-state index contributed by atoms with van der Waals surface area (Å²) in [7, 11) is 0. The Labute approximate surface area is 97.2 Å². The molecule has 1 aromatic rings. The lowest BCUT2D eigenvalue weighted by molar-refractivity contribution is -0.112. The third-order valence-corrected chi connectivity index (χ3v) is 3.31. The normalized spacial score (nSPS) is 20.6. The van der Waals surface area contributed by atoms with E-state index in [1.807, 2.05) is 6.08 Å². The highest BCUT2D eigenvalue weighted by molar-refractivity contribution is 5.87. The molecule has 0 saturated heterocycles. The van der Waals surface area contributed by atoms with Gasteiger partial charge in [-0.2, -0.15) is 0 Å². The third kappa shape index (κ3) is 2.82. The highest BCUT2D eigenvalue weighted by Crippen LogP contribution is 2.35. The Morgan fingerprint density at radius 1 is 1.19 bits per heavy atom. The minimum Gasteiger partial charge on any atom is -0.295 e. The zero-order valence-electron chi connectivity index (χ0n) is 9.78. The van der Waals surface area contributed by atoms with Crippen LogP contribution in [0.2, 0.25) is 0 Å². The fourth-order valence-electron chi connectivity index (χ4n) is 2.48. The molecule has 1 heteroatoms. The summed E-state index contributed by atoms with van der Waals surface area (Å²) in [5, 5.41) is 0. The summed E-state index contributed by atoms with van der Waals surface area (Å²) >= 11 is 0. The maximum absolute atomic E-state index is 11.0. The second-order valence-corrected chi connectivity index (χ2v) is 4.60. The predicted octanol–water partition coefficient (Wildman–Crippen LogP) is 3.86. The van der Waals surface area contributed by atoms with Gasteiger partial charge in [0.2, 0.25) is 0 Å². The summed E-state index contributed by atoms with van der Waals surface area (Å²) in [4.78, 5) is 11.0. The Kier molecular flexibility index (Phi) is 3.55. The van der Waals surface area contributed by atoms with E-state index in [9.17, 15) is 4.79 Å². The predicted molar refractivity (Wildman–Crippen MR) is 66.4 cm³/mol. The van der Waals surface area contributed by atoms with Crippen molar-refractivity contribution in [3.05, 3.63) is 47.5 Å². The summed E-state index contributed by atoms with van der Waals surface area (Å²) in [6.45, 7) is 1.64. The van der Waals surface area contributed by atoms with E-state index >= 15 is 0 Å². The van der Waals surface area contributed by atoms with E-state index in [-0.39, 0.29) is 5.78 Å². The van der Waals surface area contributed by atoms with Crippen LogP contribution in [0.25, 0.3) is 0 Å². The molecular weight excluding hydrogens is 196 g/mol. The van der Waals surface area contributed by atoms with Gasteiger partial charge in [-0.25, -0.2) is 0 Å². The molecule has 1 aromatic carbocycles. The standard InChI is InChI=1S/C15H18O/c1-12(16)11-13-7-9-15(10-8-13)14-5-3-2-4-6-14/h2-6,11,15H,7-10H2,1H3. The molecule has 0 N–H and O–H groups in total. The van der Waals surface area contributed by atoms with Gasteiger partial charge >= 0.3 is 0 Å². The summed E-state index contributed by atoms with van der Waals surface area (Å²) in [6.07, 6.45) is 6.35. The van der Waals surface area contributed by atoms with Gasteiger partial charge in [0.05, 0.1) is 0 Å². The molecular formula is C15H18O. The fraction of sp³-hybridized carbons (Fsp3) is 0.400. The molecule has 0 bridgehead atoms. The van der Waals surface area contributed by atoms with Gasteiger partial charge in [-0.1, -0.05) is 35.9 Å². The van der Waals surface area contributed by atoms with Gasteiger partial charge in [0.25, 0.3) is 0 Å². The SMILES string of the molecule is CC(=O)C=C1CCC(c2ccccc2)CC1. The number of hydrogen-bond donors (Lipinski definition) is 0. The summed E-state index contributed by atoms with van der Waals surface area (Å²) in [5.74, 6) is 0.874. The zero-order valence-corrected chi connectivity index (χ0v) is 9.78. The van der Waals surface area contributed by atoms with Crippen LogP contribution in [-0.2, 0) is 4.79 Å². The number of benzene rings is 1. The monoisotopic (exact) mass is 214 g/mol. The van der Waals surface area contributed by atoms with Crippen molar-refractivity contribution in [2.24, 2.45) is 0 Å². The molecule has 0 unspecified atom stereocenters. The van der Waals surface area contributed by atoms with Crippen LogP contribution >= 0.6 is 0 Å². The maximum atomic E-state index is 11.0. The van der Waals surface area contributed by atoms with Crippen molar-refractivity contribution in [2.45, 2.75) is 38.5 Å². The van der Waals surface area contributed by atoms with E-state index in [4.69, 9.17) is 0 Å². The molecule has 0 atom stereocenters. The Morgan fingerprint density at radius 3 is 2.38 bits per heavy atom. The van der Waals surface area contributed by atoms with Gasteiger partial charge in [0, 0.05) is 0 Å². The fourth-order valence-corrected chi connectivity index (χ4v) is 2.48. The molecule has 0 amide bonds. The number of allylic oxidation sites excluding steroid dienone is 2. The van der Waals surface area contributed by atoms with Gasteiger partial charge < -0.3 is 0 Å². The third-order valence-electron chi connectivity index (χ3n) is 3.31. The van der Waals surface area contributed by atoms with Crippen molar-refractivity contribution in [1.29, 1.82) is 0 Å². The van der Waals surface area contributed by atoms with Crippen molar-refractivity contribution in [2.75, 3.05) is 0 Å². The summed E-state index contributed by atoms with van der Waals surface area (Å²) in [6, 6.07) is 10.7. The Bertz CT molecular complexity index is 379. The number of ketones is 1. The van der Waals surface area contributed by atoms with E-state index in [1.54, 1.807) is 6.92 Å². The molecule has 1 aliphatic rings. The van der Waals surface area contributed by atoms with Gasteiger partial charge in [0.15, 0.2) is 5.78 Å². The Hall–Kier alpha value is -1.37. The lowest BCUT2D eigenvalue weighted by Crippen LogP contribution is -2.07. The lowest BCUT2D eigenvalue weighted by atomic mass is 9.81. The minimum atomic E-state index is 0.188. The number of carbonyl (C=O) groups excluding carboxylic acids is 1. The van der Waals surface area contributed by atoms with Crippen LogP contribution in [0.5, 0.6) is 0 Å².